The molecule has 12 heteroatoms. The summed E-state index contributed by atoms with van der Waals surface area (Å²) < 4.78 is 42.5. The summed E-state index contributed by atoms with van der Waals surface area (Å²) in [5.74, 6) is -5.66. The van der Waals surface area contributed by atoms with Crippen LogP contribution in [0.5, 0.6) is 0 Å². The molecule has 2 heterocycles. The Morgan fingerprint density at radius 2 is 1.86 bits per heavy atom. The van der Waals surface area contributed by atoms with Crippen LogP contribution in [0.25, 0.3) is 0 Å². The number of alkyl halides is 2. The van der Waals surface area contributed by atoms with E-state index in [1.165, 1.54) is 38.2 Å². The first-order valence-corrected chi connectivity index (χ1v) is 14.1. The van der Waals surface area contributed by atoms with Crippen LogP contribution in [0.15, 0.2) is 66.9 Å². The van der Waals surface area contributed by atoms with E-state index >= 15 is 4.39 Å². The normalized spacial score (nSPS) is 18.7. The second-order valence-corrected chi connectivity index (χ2v) is 11.6. The SMILES string of the molecule is CC(C)(O)c1cc(F)cc(N(C(=O)[C@@H]2CCC(=O)N2c2cc(C#N)ccn2)[C@H](C(=O)NC2CC(F)(F)C2)c2ccccc2)c1. The summed E-state index contributed by atoms with van der Waals surface area (Å²) in [6.45, 7) is 2.86. The molecule has 2 fully saturated rings. The number of nitriles is 1. The van der Waals surface area contributed by atoms with Gasteiger partial charge in [0.05, 0.1) is 17.2 Å². The predicted octanol–water partition coefficient (Wildman–Crippen LogP) is 4.50. The van der Waals surface area contributed by atoms with Crippen LogP contribution in [-0.2, 0) is 20.0 Å². The summed E-state index contributed by atoms with van der Waals surface area (Å²) >= 11 is 0. The molecule has 1 aromatic heterocycles. The van der Waals surface area contributed by atoms with Gasteiger partial charge in [0.1, 0.15) is 23.7 Å². The first-order valence-electron chi connectivity index (χ1n) is 14.1. The lowest BCUT2D eigenvalue weighted by Gasteiger charge is -2.39. The number of carbonyl (C=O) groups excluding carboxylic acids is 3. The van der Waals surface area contributed by atoms with Crippen molar-refractivity contribution in [2.45, 2.75) is 69.2 Å². The quantitative estimate of drug-likeness (QED) is 0.389. The van der Waals surface area contributed by atoms with Crippen molar-refractivity contribution in [3.63, 3.8) is 0 Å². The maximum atomic E-state index is 15.1. The summed E-state index contributed by atoms with van der Waals surface area (Å²) in [6, 6.07) is 12.9. The second kappa shape index (κ2) is 11.7. The smallest absolute Gasteiger partial charge is 0.252 e. The van der Waals surface area contributed by atoms with E-state index in [9.17, 15) is 33.5 Å². The molecule has 0 unspecified atom stereocenters. The number of benzene rings is 2. The van der Waals surface area contributed by atoms with Crippen molar-refractivity contribution in [1.82, 2.24) is 10.3 Å². The van der Waals surface area contributed by atoms with Gasteiger partial charge in [-0.3, -0.25) is 24.2 Å². The van der Waals surface area contributed by atoms with Crippen LogP contribution in [-0.4, -0.2) is 45.8 Å². The minimum Gasteiger partial charge on any atom is -0.386 e. The van der Waals surface area contributed by atoms with Gasteiger partial charge < -0.3 is 10.4 Å². The highest BCUT2D eigenvalue weighted by atomic mass is 19.3. The van der Waals surface area contributed by atoms with E-state index in [2.05, 4.69) is 10.3 Å². The van der Waals surface area contributed by atoms with Gasteiger partial charge in [0, 0.05) is 37.2 Å². The molecule has 2 aromatic carbocycles. The zero-order valence-electron chi connectivity index (χ0n) is 24.0. The Labute approximate surface area is 251 Å². The second-order valence-electron chi connectivity index (χ2n) is 11.6. The van der Waals surface area contributed by atoms with Crippen molar-refractivity contribution in [3.05, 3.63) is 89.4 Å². The van der Waals surface area contributed by atoms with Gasteiger partial charge in [-0.05, 0) is 61.7 Å². The molecule has 9 nitrogen and oxygen atoms in total. The van der Waals surface area contributed by atoms with Gasteiger partial charge in [-0.25, -0.2) is 18.2 Å². The Balaban J connectivity index is 1.65. The lowest BCUT2D eigenvalue weighted by molar-refractivity contribution is -0.133. The molecule has 2 N–H and O–H groups in total. The lowest BCUT2D eigenvalue weighted by atomic mass is 9.87. The van der Waals surface area contributed by atoms with E-state index in [1.807, 2.05) is 6.07 Å². The van der Waals surface area contributed by atoms with Crippen molar-refractivity contribution in [1.29, 1.82) is 5.26 Å². The first-order chi connectivity index (χ1) is 20.8. The summed E-state index contributed by atoms with van der Waals surface area (Å²) in [5.41, 5.74) is -1.01. The van der Waals surface area contributed by atoms with Crippen molar-refractivity contribution in [2.75, 3.05) is 9.80 Å². The standard InChI is InChI=1S/C32H30F3N5O4/c1-31(2,44)21-13-22(33)15-24(14-21)39(28(20-6-4-3-5-7-20)29(42)38-23-16-32(34,35)17-23)30(43)25-8-9-27(41)40(25)26-12-19(18-36)10-11-37-26/h3-7,10-15,23,25,28,44H,8-9,16-17H2,1-2H3,(H,38,42)/t25-,28-/m0/s1. The molecule has 1 saturated carbocycles. The van der Waals surface area contributed by atoms with Gasteiger partial charge in [-0.1, -0.05) is 30.3 Å². The maximum absolute atomic E-state index is 15.1. The zero-order chi connectivity index (χ0) is 31.8. The molecule has 1 saturated heterocycles. The number of rotatable bonds is 8. The molecular weight excluding hydrogens is 575 g/mol. The molecule has 228 valence electrons. The Hall–Kier alpha value is -4.76. The first kappa shape index (κ1) is 30.7. The minimum absolute atomic E-state index is 0.0261. The van der Waals surface area contributed by atoms with E-state index < -0.39 is 66.0 Å². The molecule has 3 aromatic rings. The van der Waals surface area contributed by atoms with Crippen molar-refractivity contribution in [3.8, 4) is 6.07 Å². The van der Waals surface area contributed by atoms with Gasteiger partial charge in [-0.15, -0.1) is 0 Å². The number of nitrogens with zero attached hydrogens (tertiary/aromatic N) is 4. The van der Waals surface area contributed by atoms with Gasteiger partial charge >= 0.3 is 0 Å². The fourth-order valence-electron chi connectivity index (χ4n) is 5.55. The maximum Gasteiger partial charge on any atom is 0.252 e. The Morgan fingerprint density at radius 1 is 1.16 bits per heavy atom. The average Bonchev–Trinajstić information content (AvgIpc) is 3.35. The van der Waals surface area contributed by atoms with Crippen LogP contribution in [0.1, 0.15) is 62.3 Å². The highest BCUT2D eigenvalue weighted by Crippen LogP contribution is 2.39. The number of halogens is 3. The van der Waals surface area contributed by atoms with Crippen LogP contribution in [0.4, 0.5) is 24.7 Å². The topological polar surface area (TPSA) is 127 Å². The molecule has 0 radical (unpaired) electrons. The average molecular weight is 606 g/mol. The third-order valence-corrected chi connectivity index (χ3v) is 7.78. The Morgan fingerprint density at radius 3 is 2.50 bits per heavy atom. The summed E-state index contributed by atoms with van der Waals surface area (Å²) in [7, 11) is 0. The number of hydrogen-bond donors (Lipinski definition) is 2. The van der Waals surface area contributed by atoms with Crippen LogP contribution < -0.4 is 15.1 Å². The summed E-state index contributed by atoms with van der Waals surface area (Å²) in [5, 5.41) is 22.7. The van der Waals surface area contributed by atoms with Crippen molar-refractivity contribution >= 4 is 29.2 Å². The van der Waals surface area contributed by atoms with Gasteiger partial charge in [0.2, 0.25) is 11.8 Å². The zero-order valence-corrected chi connectivity index (χ0v) is 24.0. The van der Waals surface area contributed by atoms with Crippen molar-refractivity contribution in [2.24, 2.45) is 0 Å². The Kier molecular flexibility index (Phi) is 8.18. The number of aromatic nitrogens is 1. The summed E-state index contributed by atoms with van der Waals surface area (Å²) in [6.07, 6.45) is 0.180. The van der Waals surface area contributed by atoms with E-state index in [4.69, 9.17) is 0 Å². The molecule has 1 aliphatic heterocycles. The lowest BCUT2D eigenvalue weighted by Crippen LogP contribution is -2.56. The van der Waals surface area contributed by atoms with E-state index in [-0.39, 0.29) is 35.5 Å². The number of carbonyl (C=O) groups is 3. The molecule has 2 atom stereocenters. The highest BCUT2D eigenvalue weighted by molar-refractivity contribution is 6.10. The number of amides is 3. The third-order valence-electron chi connectivity index (χ3n) is 7.78. The number of anilines is 2. The van der Waals surface area contributed by atoms with E-state index in [1.54, 1.807) is 30.3 Å². The molecular formula is C32H30F3N5O4. The fraction of sp³-hybridized carbons (Fsp3) is 0.344. The largest absolute Gasteiger partial charge is 0.386 e. The Bertz CT molecular complexity index is 1630. The number of aliphatic hydroxyl groups is 1. The molecule has 2 aliphatic rings. The number of pyridine rings is 1. The van der Waals surface area contributed by atoms with Gasteiger partial charge in [-0.2, -0.15) is 5.26 Å². The van der Waals surface area contributed by atoms with Gasteiger partial charge in [0.15, 0.2) is 0 Å². The molecule has 0 bridgehead atoms. The van der Waals surface area contributed by atoms with E-state index in [0.717, 1.165) is 21.9 Å². The summed E-state index contributed by atoms with van der Waals surface area (Å²) in [4.78, 5) is 48.1. The molecule has 0 spiro atoms. The van der Waals surface area contributed by atoms with Crippen LogP contribution in [0.2, 0.25) is 0 Å². The van der Waals surface area contributed by atoms with Crippen molar-refractivity contribution < 1.29 is 32.7 Å². The minimum atomic E-state index is -2.92. The van der Waals surface area contributed by atoms with E-state index in [0.29, 0.717) is 5.56 Å². The highest BCUT2D eigenvalue weighted by Gasteiger charge is 2.48. The van der Waals surface area contributed by atoms with Crippen LogP contribution in [0, 0.1) is 17.1 Å². The van der Waals surface area contributed by atoms with Crippen LogP contribution in [0.3, 0.4) is 0 Å². The molecule has 5 rings (SSSR count). The fourth-order valence-corrected chi connectivity index (χ4v) is 5.55. The molecule has 44 heavy (non-hydrogen) atoms. The predicted molar refractivity (Wildman–Crippen MR) is 154 cm³/mol. The molecule has 1 aliphatic carbocycles. The third kappa shape index (κ3) is 6.28. The van der Waals surface area contributed by atoms with Gasteiger partial charge in [0.25, 0.3) is 11.8 Å². The monoisotopic (exact) mass is 605 g/mol. The number of hydrogen-bond acceptors (Lipinski definition) is 6. The molecule has 3 amide bonds. The number of nitrogens with one attached hydrogen (secondary N) is 1. The van der Waals surface area contributed by atoms with Crippen LogP contribution >= 0.6 is 0 Å².